The van der Waals surface area contributed by atoms with Crippen LogP contribution in [0.5, 0.6) is 0 Å². The maximum atomic E-state index is 2.63. The van der Waals surface area contributed by atoms with Crippen LogP contribution in [0.15, 0.2) is 96.1 Å². The third-order valence-corrected chi connectivity index (χ3v) is 29.5. The molecule has 3 aliphatic rings. The van der Waals surface area contributed by atoms with Crippen molar-refractivity contribution in [1.29, 1.82) is 0 Å². The van der Waals surface area contributed by atoms with Gasteiger partial charge in [-0.15, -0.1) is 24.8 Å². The maximum Gasteiger partial charge on any atom is -0.147 e. The number of rotatable bonds is 8. The van der Waals surface area contributed by atoms with E-state index in [1.807, 2.05) is 0 Å². The summed E-state index contributed by atoms with van der Waals surface area (Å²) in [5.41, 5.74) is 18.2. The van der Waals surface area contributed by atoms with Crippen LogP contribution in [0.1, 0.15) is 81.3 Å². The molecule has 2 unspecified atom stereocenters. The fraction of sp³-hybridized carbons (Fsp3) is 0.300. The van der Waals surface area contributed by atoms with Gasteiger partial charge in [0.15, 0.2) is 0 Å². The normalized spacial score (nSPS) is 19.0. The van der Waals surface area contributed by atoms with Crippen LogP contribution in [0, 0.1) is 0 Å². The fourth-order valence-electron chi connectivity index (χ4n) is 8.13. The minimum atomic E-state index is -2.84. The van der Waals surface area contributed by atoms with Crippen molar-refractivity contribution < 1.29 is 20.0 Å². The van der Waals surface area contributed by atoms with Gasteiger partial charge in [0.05, 0.1) is 0 Å². The Morgan fingerprint density at radius 2 is 0.907 bits per heavy atom. The molecular weight excluding hydrogens is 730 g/mol. The molecule has 0 radical (unpaired) electrons. The Bertz CT molecular complexity index is 1550. The van der Waals surface area contributed by atoms with Gasteiger partial charge in [-0.25, -0.2) is 0 Å². The molecule has 1 fully saturated rings. The Labute approximate surface area is 275 Å². The molecule has 0 aromatic heterocycles. The third kappa shape index (κ3) is 5.38. The van der Waals surface area contributed by atoms with E-state index in [1.165, 1.54) is 65.7 Å². The van der Waals surface area contributed by atoms with Crippen molar-refractivity contribution in [3.8, 4) is 22.3 Å². The van der Waals surface area contributed by atoms with Crippen molar-refractivity contribution >= 4 is 37.0 Å². The molecule has 4 aromatic carbocycles. The quantitative estimate of drug-likeness (QED) is 0.156. The van der Waals surface area contributed by atoms with Crippen molar-refractivity contribution in [2.24, 2.45) is 0 Å². The third-order valence-electron chi connectivity index (χ3n) is 10.4. The number of hydrogen-bond donors (Lipinski definition) is 0. The van der Waals surface area contributed by atoms with Gasteiger partial charge in [0, 0.05) is 0 Å². The minimum Gasteiger partial charge on any atom is -0.147 e. The van der Waals surface area contributed by atoms with Crippen LogP contribution in [-0.2, 0) is 32.8 Å². The van der Waals surface area contributed by atoms with Gasteiger partial charge in [-0.3, -0.25) is 0 Å². The summed E-state index contributed by atoms with van der Waals surface area (Å²) in [6.45, 7) is 9.29. The average Bonchev–Trinajstić information content (AvgIpc) is 3.56. The molecule has 1 saturated heterocycles. The Morgan fingerprint density at radius 3 is 1.23 bits per heavy atom. The van der Waals surface area contributed by atoms with Gasteiger partial charge in [0.1, 0.15) is 0 Å². The molecule has 0 nitrogen and oxygen atoms in total. The Balaban J connectivity index is 0.00000184. The van der Waals surface area contributed by atoms with E-state index in [4.69, 9.17) is 0 Å². The van der Waals surface area contributed by atoms with Crippen LogP contribution in [0.2, 0.25) is 8.35 Å². The summed E-state index contributed by atoms with van der Waals surface area (Å²) >= 11 is -2.84. The van der Waals surface area contributed by atoms with E-state index >= 15 is 0 Å². The summed E-state index contributed by atoms with van der Waals surface area (Å²) in [4.78, 5) is 0. The summed E-state index contributed by atoms with van der Waals surface area (Å²) in [5.74, 6) is 0. The van der Waals surface area contributed by atoms with Crippen molar-refractivity contribution in [3.05, 3.63) is 129 Å². The second-order valence-electron chi connectivity index (χ2n) is 12.5. The molecule has 2 atom stereocenters. The Hall–Kier alpha value is -2.19. The second kappa shape index (κ2) is 13.0. The zero-order valence-corrected chi connectivity index (χ0v) is 31.2. The number of fused-ring (bicyclic) bond motifs is 2. The zero-order chi connectivity index (χ0) is 28.1. The number of halogens is 2. The number of hydrogen-bond acceptors (Lipinski definition) is 0. The molecule has 0 amide bonds. The standard InChI is InChI=1S/2C19H19.C2H4.2ClH.Hf/c2*1-3-14-8-10-16(11-9-14)18-7-5-6-17-12-15(4-2)13-19(17)18;1-2;;;/h2*5-13H,3-4H2,1-2H3;1-2H2;2*1H;. The first-order chi connectivity index (χ1) is 20.1. The predicted molar refractivity (Wildman–Crippen MR) is 189 cm³/mol. The van der Waals surface area contributed by atoms with Gasteiger partial charge in [0.25, 0.3) is 0 Å². The fourth-order valence-corrected chi connectivity index (χ4v) is 36.6. The number of allylic oxidation sites excluding steroid dienone is 2. The summed E-state index contributed by atoms with van der Waals surface area (Å²) in [6.07, 6.45) is 9.77. The molecule has 7 rings (SSSR count). The van der Waals surface area contributed by atoms with Crippen molar-refractivity contribution in [2.45, 2.75) is 69.1 Å². The van der Waals surface area contributed by atoms with Crippen LogP contribution < -0.4 is 0 Å². The molecule has 43 heavy (non-hydrogen) atoms. The van der Waals surface area contributed by atoms with Gasteiger partial charge in [-0.05, 0) is 0 Å². The van der Waals surface area contributed by atoms with Crippen LogP contribution in [0.25, 0.3) is 34.4 Å². The summed E-state index contributed by atoms with van der Waals surface area (Å²) in [5, 5.41) is 0. The molecule has 0 saturated carbocycles. The molecule has 2 aliphatic carbocycles. The van der Waals surface area contributed by atoms with Gasteiger partial charge < -0.3 is 0 Å². The number of benzene rings is 4. The van der Waals surface area contributed by atoms with Gasteiger partial charge in [0.2, 0.25) is 0 Å². The summed E-state index contributed by atoms with van der Waals surface area (Å²) in [7, 11) is 0. The molecule has 0 N–H and O–H groups in total. The van der Waals surface area contributed by atoms with Gasteiger partial charge >= 0.3 is 253 Å². The molecule has 222 valence electrons. The summed E-state index contributed by atoms with van der Waals surface area (Å²) < 4.78 is 4.49. The Morgan fingerprint density at radius 1 is 0.512 bits per heavy atom. The minimum absolute atomic E-state index is 0. The van der Waals surface area contributed by atoms with Crippen LogP contribution in [-0.4, -0.2) is 0 Å². The van der Waals surface area contributed by atoms with E-state index in [-0.39, 0.29) is 24.8 Å². The first-order valence-corrected chi connectivity index (χ1v) is 25.2. The predicted octanol–water partition coefficient (Wildman–Crippen LogP) is 12.4. The SMILES string of the molecule is CCC1=Cc2c(-c3ccc(CC)cc3)cccc2[CH]1[Hf]1([CH]2C(CC)=Cc3c(-c4ccc(CC)cc4)cccc32)[CH2][CH2]1.Cl.Cl. The number of aryl methyl sites for hydroxylation is 2. The smallest absolute Gasteiger partial charge is 0.147 e. The molecule has 1 heterocycles. The van der Waals surface area contributed by atoms with Crippen LogP contribution in [0.3, 0.4) is 0 Å². The monoisotopic (exact) mass is 774 g/mol. The van der Waals surface area contributed by atoms with Gasteiger partial charge in [-0.2, -0.15) is 0 Å². The van der Waals surface area contributed by atoms with Crippen molar-refractivity contribution in [2.75, 3.05) is 0 Å². The van der Waals surface area contributed by atoms with E-state index in [1.54, 1.807) is 22.3 Å². The molecule has 3 heteroatoms. The van der Waals surface area contributed by atoms with E-state index in [0.29, 0.717) is 0 Å². The van der Waals surface area contributed by atoms with E-state index in [9.17, 15) is 0 Å². The largest absolute Gasteiger partial charge is 0.147 e. The zero-order valence-electron chi connectivity index (χ0n) is 26.0. The average molecular weight is 774 g/mol. The van der Waals surface area contributed by atoms with Crippen molar-refractivity contribution in [1.82, 2.24) is 0 Å². The molecule has 1 aliphatic heterocycles. The molecule has 4 aromatic rings. The molecule has 0 bridgehead atoms. The van der Waals surface area contributed by atoms with E-state index in [2.05, 4.69) is 125 Å². The molecular formula is C40H44Cl2Hf. The van der Waals surface area contributed by atoms with E-state index < -0.39 is 20.0 Å². The summed E-state index contributed by atoms with van der Waals surface area (Å²) in [6, 6.07) is 33.1. The van der Waals surface area contributed by atoms with Gasteiger partial charge in [-0.1, -0.05) is 0 Å². The molecule has 0 spiro atoms. The first-order valence-electron chi connectivity index (χ1n) is 16.0. The Kier molecular flexibility index (Phi) is 9.77. The topological polar surface area (TPSA) is 0 Å². The van der Waals surface area contributed by atoms with Crippen molar-refractivity contribution in [3.63, 3.8) is 0 Å². The maximum absolute atomic E-state index is 2.84. The second-order valence-corrected chi connectivity index (χ2v) is 29.1. The van der Waals surface area contributed by atoms with Crippen LogP contribution in [0.4, 0.5) is 0 Å². The van der Waals surface area contributed by atoms with Crippen LogP contribution >= 0.6 is 24.8 Å². The first kappa shape index (κ1) is 32.2. The van der Waals surface area contributed by atoms with E-state index in [0.717, 1.165) is 20.2 Å².